The van der Waals surface area contributed by atoms with Gasteiger partial charge in [-0.1, -0.05) is 18.2 Å². The number of fused-ring (bicyclic) bond motifs is 1. The van der Waals surface area contributed by atoms with Crippen molar-refractivity contribution in [3.63, 3.8) is 0 Å². The second-order valence-electron chi connectivity index (χ2n) is 3.84. The third-order valence-electron chi connectivity index (χ3n) is 2.68. The Labute approximate surface area is 117 Å². The third-order valence-corrected chi connectivity index (χ3v) is 2.68. The van der Waals surface area contributed by atoms with E-state index in [4.69, 9.17) is 0 Å². The molecule has 0 saturated carbocycles. The number of hydrogen-bond donors (Lipinski definition) is 0. The van der Waals surface area contributed by atoms with Gasteiger partial charge in [0.15, 0.2) is 12.4 Å². The summed E-state index contributed by atoms with van der Waals surface area (Å²) in [6.07, 6.45) is 5.93. The quantitative estimate of drug-likeness (QED) is 0.406. The highest BCUT2D eigenvalue weighted by atomic mass is 127. The van der Waals surface area contributed by atoms with Crippen LogP contribution in [-0.2, 0) is 7.05 Å². The molecule has 0 aliphatic carbocycles. The molecule has 0 radical (unpaired) electrons. The second kappa shape index (κ2) is 4.83. The van der Waals surface area contributed by atoms with Crippen molar-refractivity contribution < 1.29 is 28.5 Å². The van der Waals surface area contributed by atoms with Crippen LogP contribution in [0.1, 0.15) is 0 Å². The molecule has 0 bridgehead atoms. The Hall–Kier alpha value is -1.43. The van der Waals surface area contributed by atoms with Gasteiger partial charge in [0.25, 0.3) is 0 Å². The van der Waals surface area contributed by atoms with Gasteiger partial charge < -0.3 is 24.0 Å². The molecule has 86 valence electrons. The minimum Gasteiger partial charge on any atom is -1.00 e. The first kappa shape index (κ1) is 12.0. The molecule has 17 heavy (non-hydrogen) atoms. The van der Waals surface area contributed by atoms with Gasteiger partial charge in [-0.15, -0.1) is 0 Å². The summed E-state index contributed by atoms with van der Waals surface area (Å²) in [7, 11) is 2.00. The molecule has 2 aromatic heterocycles. The van der Waals surface area contributed by atoms with E-state index < -0.39 is 0 Å². The zero-order chi connectivity index (χ0) is 11.0. The smallest absolute Gasteiger partial charge is 0.170 e. The predicted molar refractivity (Wildman–Crippen MR) is 62.2 cm³/mol. The van der Waals surface area contributed by atoms with Crippen molar-refractivity contribution in [1.29, 1.82) is 0 Å². The average molecular weight is 337 g/mol. The zero-order valence-electron chi connectivity index (χ0n) is 9.42. The van der Waals surface area contributed by atoms with Crippen molar-refractivity contribution in [3.8, 4) is 5.69 Å². The van der Waals surface area contributed by atoms with Crippen molar-refractivity contribution in [2.24, 2.45) is 7.05 Å². The Kier molecular flexibility index (Phi) is 3.42. The fraction of sp³-hybridized carbons (Fsp3) is 0.0769. The lowest BCUT2D eigenvalue weighted by Crippen LogP contribution is -3.00. The fourth-order valence-corrected chi connectivity index (χ4v) is 1.81. The molecular weight excluding hydrogens is 325 g/mol. The Morgan fingerprint density at radius 2 is 1.76 bits per heavy atom. The van der Waals surface area contributed by atoms with Crippen LogP contribution >= 0.6 is 0 Å². The van der Waals surface area contributed by atoms with Crippen LogP contribution in [0.4, 0.5) is 0 Å². The lowest BCUT2D eigenvalue weighted by Gasteiger charge is -2.01. The van der Waals surface area contributed by atoms with E-state index in [0.717, 1.165) is 16.6 Å². The van der Waals surface area contributed by atoms with Crippen LogP contribution in [0, 0.1) is 0 Å². The normalized spacial score (nSPS) is 10.2. The SMILES string of the molecule is C[n+]1ccc(-n2ncc3ccccc32)cc1.[I-]. The van der Waals surface area contributed by atoms with Crippen LogP contribution in [-0.4, -0.2) is 9.78 Å². The maximum atomic E-state index is 4.40. The van der Waals surface area contributed by atoms with Crippen molar-refractivity contribution >= 4 is 10.9 Å². The van der Waals surface area contributed by atoms with Crippen LogP contribution in [0.25, 0.3) is 16.6 Å². The molecule has 3 nitrogen and oxygen atoms in total. The molecule has 0 unspecified atom stereocenters. The minimum absolute atomic E-state index is 0. The standard InChI is InChI=1S/C13H12N3.HI/c1-15-8-6-12(7-9-15)16-13-5-3-2-4-11(13)10-14-16;/h2-10H,1H3;1H/q+1;/p-1. The maximum Gasteiger partial charge on any atom is 0.170 e. The van der Waals surface area contributed by atoms with Crippen molar-refractivity contribution in [2.75, 3.05) is 0 Å². The van der Waals surface area contributed by atoms with Crippen LogP contribution < -0.4 is 28.5 Å². The molecular formula is C13H12IN3. The Morgan fingerprint density at radius 3 is 2.53 bits per heavy atom. The molecule has 0 saturated heterocycles. The summed E-state index contributed by atoms with van der Waals surface area (Å²) in [6, 6.07) is 12.3. The lowest BCUT2D eigenvalue weighted by molar-refractivity contribution is -0.671. The highest BCUT2D eigenvalue weighted by Gasteiger charge is 2.04. The van der Waals surface area contributed by atoms with E-state index in [1.165, 1.54) is 0 Å². The Bertz CT molecular complexity index is 628. The zero-order valence-corrected chi connectivity index (χ0v) is 11.6. The number of para-hydroxylation sites is 1. The topological polar surface area (TPSA) is 21.7 Å². The second-order valence-corrected chi connectivity index (χ2v) is 3.84. The molecule has 0 atom stereocenters. The molecule has 3 rings (SSSR count). The number of hydrogen-bond acceptors (Lipinski definition) is 1. The van der Waals surface area contributed by atoms with E-state index >= 15 is 0 Å². The number of aryl methyl sites for hydroxylation is 1. The molecule has 0 amide bonds. The highest BCUT2D eigenvalue weighted by Crippen LogP contribution is 2.16. The molecule has 3 aromatic rings. The van der Waals surface area contributed by atoms with Gasteiger partial charge >= 0.3 is 0 Å². The van der Waals surface area contributed by atoms with Crippen molar-refractivity contribution in [2.45, 2.75) is 0 Å². The molecule has 0 N–H and O–H groups in total. The van der Waals surface area contributed by atoms with Crippen LogP contribution in [0.2, 0.25) is 0 Å². The number of halogens is 1. The number of pyridine rings is 1. The van der Waals surface area contributed by atoms with Gasteiger partial charge in [0, 0.05) is 17.5 Å². The van der Waals surface area contributed by atoms with Gasteiger partial charge in [0.1, 0.15) is 7.05 Å². The van der Waals surface area contributed by atoms with E-state index in [-0.39, 0.29) is 24.0 Å². The largest absolute Gasteiger partial charge is 1.00 e. The Balaban J connectivity index is 0.00000108. The monoisotopic (exact) mass is 337 g/mol. The molecule has 1 aromatic carbocycles. The van der Waals surface area contributed by atoms with Gasteiger partial charge in [-0.05, 0) is 6.07 Å². The van der Waals surface area contributed by atoms with E-state index in [2.05, 4.69) is 29.4 Å². The molecule has 0 fully saturated rings. The summed E-state index contributed by atoms with van der Waals surface area (Å²) in [6.45, 7) is 0. The van der Waals surface area contributed by atoms with Gasteiger partial charge in [-0.2, -0.15) is 5.10 Å². The summed E-state index contributed by atoms with van der Waals surface area (Å²) in [4.78, 5) is 0. The van der Waals surface area contributed by atoms with Crippen LogP contribution in [0.15, 0.2) is 55.0 Å². The molecule has 0 spiro atoms. The van der Waals surface area contributed by atoms with Crippen LogP contribution in [0.3, 0.4) is 0 Å². The summed E-state index contributed by atoms with van der Waals surface area (Å²) in [5, 5.41) is 5.57. The number of nitrogens with zero attached hydrogens (tertiary/aromatic N) is 3. The first-order chi connectivity index (χ1) is 7.84. The number of rotatable bonds is 1. The summed E-state index contributed by atoms with van der Waals surface area (Å²) in [5.41, 5.74) is 2.22. The van der Waals surface area contributed by atoms with Crippen molar-refractivity contribution in [1.82, 2.24) is 9.78 Å². The summed E-state index contributed by atoms with van der Waals surface area (Å²) in [5.74, 6) is 0. The number of aromatic nitrogens is 3. The van der Waals surface area contributed by atoms with E-state index in [1.54, 1.807) is 0 Å². The first-order valence-corrected chi connectivity index (χ1v) is 5.23. The molecule has 0 aliphatic rings. The average Bonchev–Trinajstić information content (AvgIpc) is 2.74. The van der Waals surface area contributed by atoms with E-state index in [0.29, 0.717) is 0 Å². The van der Waals surface area contributed by atoms with Crippen molar-refractivity contribution in [3.05, 3.63) is 55.0 Å². The van der Waals surface area contributed by atoms with Gasteiger partial charge in [-0.25, -0.2) is 9.25 Å². The minimum atomic E-state index is 0. The Morgan fingerprint density at radius 1 is 1.06 bits per heavy atom. The van der Waals surface area contributed by atoms with Gasteiger partial charge in [-0.3, -0.25) is 0 Å². The van der Waals surface area contributed by atoms with E-state index in [1.807, 2.05) is 47.0 Å². The lowest BCUT2D eigenvalue weighted by atomic mass is 10.2. The third kappa shape index (κ3) is 2.17. The fourth-order valence-electron chi connectivity index (χ4n) is 1.81. The highest BCUT2D eigenvalue weighted by molar-refractivity contribution is 5.79. The molecule has 0 aliphatic heterocycles. The predicted octanol–water partition coefficient (Wildman–Crippen LogP) is -1.15. The maximum absolute atomic E-state index is 4.40. The van der Waals surface area contributed by atoms with Crippen LogP contribution in [0.5, 0.6) is 0 Å². The first-order valence-electron chi connectivity index (χ1n) is 5.23. The summed E-state index contributed by atoms with van der Waals surface area (Å²) >= 11 is 0. The molecule has 4 heteroatoms. The van der Waals surface area contributed by atoms with E-state index in [9.17, 15) is 0 Å². The van der Waals surface area contributed by atoms with Gasteiger partial charge in [0.2, 0.25) is 0 Å². The molecule has 2 heterocycles. The van der Waals surface area contributed by atoms with Gasteiger partial charge in [0.05, 0.1) is 17.4 Å². The number of benzene rings is 1. The summed E-state index contributed by atoms with van der Waals surface area (Å²) < 4.78 is 3.96.